The van der Waals surface area contributed by atoms with Crippen LogP contribution in [-0.2, 0) is 9.47 Å². The molecule has 0 aromatic rings. The van der Waals surface area contributed by atoms with Gasteiger partial charge < -0.3 is 20.1 Å². The first-order chi connectivity index (χ1) is 10.9. The summed E-state index contributed by atoms with van der Waals surface area (Å²) in [5.41, 5.74) is 0. The maximum atomic E-state index is 5.43. The van der Waals surface area contributed by atoms with Crippen LogP contribution in [0.25, 0.3) is 0 Å². The average Bonchev–Trinajstić information content (AvgIpc) is 3.05. The molecule has 1 fully saturated rings. The molecule has 0 atom stereocenters. The molecule has 0 unspecified atom stereocenters. The Bertz CT molecular complexity index is 285. The molecule has 0 radical (unpaired) electrons. The number of methoxy groups -OCH3 is 1. The van der Waals surface area contributed by atoms with Crippen LogP contribution >= 0.6 is 24.0 Å². The molecule has 1 rings (SSSR count). The maximum absolute atomic E-state index is 5.43. The smallest absolute Gasteiger partial charge is 0.190 e. The topological polar surface area (TPSA) is 54.9 Å². The van der Waals surface area contributed by atoms with Gasteiger partial charge in [-0.1, -0.05) is 38.5 Å². The van der Waals surface area contributed by atoms with Gasteiger partial charge in [0.2, 0.25) is 0 Å². The first-order valence-electron chi connectivity index (χ1n) is 8.88. The van der Waals surface area contributed by atoms with Crippen molar-refractivity contribution in [3.05, 3.63) is 0 Å². The third kappa shape index (κ3) is 12.9. The first kappa shape index (κ1) is 22.9. The molecule has 23 heavy (non-hydrogen) atoms. The third-order valence-electron chi connectivity index (χ3n) is 4.22. The van der Waals surface area contributed by atoms with E-state index in [-0.39, 0.29) is 24.0 Å². The van der Waals surface area contributed by atoms with Crippen molar-refractivity contribution >= 4 is 29.9 Å². The van der Waals surface area contributed by atoms with Gasteiger partial charge in [-0.2, -0.15) is 0 Å². The fourth-order valence-corrected chi connectivity index (χ4v) is 2.91. The Balaban J connectivity index is 0.00000484. The van der Waals surface area contributed by atoms with E-state index in [0.717, 1.165) is 38.0 Å². The van der Waals surface area contributed by atoms with Crippen LogP contribution < -0.4 is 10.6 Å². The molecule has 2 N–H and O–H groups in total. The second kappa shape index (κ2) is 16.8. The number of nitrogens with one attached hydrogen (secondary N) is 2. The zero-order chi connectivity index (χ0) is 15.9. The molecule has 138 valence electrons. The minimum atomic E-state index is 0. The second-order valence-corrected chi connectivity index (χ2v) is 6.03. The van der Waals surface area contributed by atoms with Gasteiger partial charge in [-0.25, -0.2) is 0 Å². The van der Waals surface area contributed by atoms with Crippen LogP contribution in [0.3, 0.4) is 0 Å². The Kier molecular flexibility index (Phi) is 16.7. The number of unbranched alkanes of at least 4 members (excludes halogenated alkanes) is 1. The van der Waals surface area contributed by atoms with Crippen LogP contribution in [0.15, 0.2) is 4.99 Å². The monoisotopic (exact) mass is 441 g/mol. The molecule has 1 saturated carbocycles. The number of rotatable bonds is 12. The lowest BCUT2D eigenvalue weighted by atomic mass is 10.0. The number of guanidine groups is 1. The Morgan fingerprint density at radius 1 is 1.00 bits per heavy atom. The van der Waals surface area contributed by atoms with Gasteiger partial charge in [0.1, 0.15) is 0 Å². The molecule has 0 aliphatic heterocycles. The Labute approximate surface area is 159 Å². The highest BCUT2D eigenvalue weighted by atomic mass is 127. The van der Waals surface area contributed by atoms with Crippen molar-refractivity contribution in [3.8, 4) is 0 Å². The van der Waals surface area contributed by atoms with E-state index in [9.17, 15) is 0 Å². The quantitative estimate of drug-likeness (QED) is 0.212. The molecule has 0 aromatic carbocycles. The van der Waals surface area contributed by atoms with E-state index in [0.29, 0.717) is 13.2 Å². The predicted molar refractivity (Wildman–Crippen MR) is 108 cm³/mol. The van der Waals surface area contributed by atoms with Crippen LogP contribution in [0.2, 0.25) is 0 Å². The zero-order valence-electron chi connectivity index (χ0n) is 14.9. The van der Waals surface area contributed by atoms with Crippen molar-refractivity contribution in [2.45, 2.75) is 51.4 Å². The van der Waals surface area contributed by atoms with Crippen molar-refractivity contribution in [1.29, 1.82) is 0 Å². The molecule has 0 spiro atoms. The summed E-state index contributed by atoms with van der Waals surface area (Å²) in [4.78, 5) is 4.24. The van der Waals surface area contributed by atoms with Crippen LogP contribution in [0.4, 0.5) is 0 Å². The highest BCUT2D eigenvalue weighted by molar-refractivity contribution is 14.0. The lowest BCUT2D eigenvalue weighted by Crippen LogP contribution is -2.38. The van der Waals surface area contributed by atoms with Gasteiger partial charge in [0.05, 0.1) is 13.2 Å². The average molecular weight is 441 g/mol. The minimum Gasteiger partial charge on any atom is -0.382 e. The number of hydrogen-bond acceptors (Lipinski definition) is 3. The molecule has 0 amide bonds. The lowest BCUT2D eigenvalue weighted by Gasteiger charge is -2.12. The van der Waals surface area contributed by atoms with Crippen LogP contribution in [-0.4, -0.2) is 53.0 Å². The van der Waals surface area contributed by atoms with E-state index < -0.39 is 0 Å². The predicted octanol–water partition coefficient (Wildman–Crippen LogP) is 3.18. The van der Waals surface area contributed by atoms with Gasteiger partial charge in [-0.3, -0.25) is 4.99 Å². The number of hydrogen-bond donors (Lipinski definition) is 2. The van der Waals surface area contributed by atoms with Crippen molar-refractivity contribution in [2.24, 2.45) is 10.9 Å². The Morgan fingerprint density at radius 2 is 1.70 bits per heavy atom. The minimum absolute atomic E-state index is 0. The molecule has 0 bridgehead atoms. The summed E-state index contributed by atoms with van der Waals surface area (Å²) in [5, 5.41) is 6.70. The summed E-state index contributed by atoms with van der Waals surface area (Å²) in [7, 11) is 3.51. The van der Waals surface area contributed by atoms with Crippen molar-refractivity contribution in [3.63, 3.8) is 0 Å². The van der Waals surface area contributed by atoms with E-state index >= 15 is 0 Å². The SMILES string of the molecule is CN=C(NCCCCC1CCCC1)NCCCOCCOC.I. The molecule has 5 nitrogen and oxygen atoms in total. The molecule has 6 heteroatoms. The standard InChI is InChI=1S/C17H35N3O2.HI/c1-18-17(20-12-7-13-22-15-14-21-2)19-11-6-5-10-16-8-3-4-9-16;/h16H,3-15H2,1-2H3,(H2,18,19,20);1H. The van der Waals surface area contributed by atoms with Crippen molar-refractivity contribution < 1.29 is 9.47 Å². The molecular weight excluding hydrogens is 405 g/mol. The largest absolute Gasteiger partial charge is 0.382 e. The number of nitrogens with zero attached hydrogens (tertiary/aromatic N) is 1. The summed E-state index contributed by atoms with van der Waals surface area (Å²) >= 11 is 0. The summed E-state index contributed by atoms with van der Waals surface area (Å²) in [6, 6.07) is 0. The van der Waals surface area contributed by atoms with Gasteiger partial charge in [-0.15, -0.1) is 24.0 Å². The number of aliphatic imine (C=N–C) groups is 1. The second-order valence-electron chi connectivity index (χ2n) is 6.03. The van der Waals surface area contributed by atoms with Gasteiger partial charge in [-0.05, 0) is 18.8 Å². The summed E-state index contributed by atoms with van der Waals surface area (Å²) in [6.07, 6.45) is 10.8. The number of ether oxygens (including phenoxy) is 2. The summed E-state index contributed by atoms with van der Waals surface area (Å²) < 4.78 is 10.4. The van der Waals surface area contributed by atoms with E-state index in [1.54, 1.807) is 7.11 Å². The molecule has 0 heterocycles. The Hall–Kier alpha value is -0.0800. The summed E-state index contributed by atoms with van der Waals surface area (Å²) in [5.74, 6) is 1.91. The summed E-state index contributed by atoms with van der Waals surface area (Å²) in [6.45, 7) is 3.99. The Morgan fingerprint density at radius 3 is 2.35 bits per heavy atom. The van der Waals surface area contributed by atoms with E-state index in [1.165, 1.54) is 44.9 Å². The molecule has 0 aromatic heterocycles. The van der Waals surface area contributed by atoms with E-state index in [4.69, 9.17) is 9.47 Å². The highest BCUT2D eigenvalue weighted by Gasteiger charge is 2.13. The van der Waals surface area contributed by atoms with Crippen molar-refractivity contribution in [1.82, 2.24) is 10.6 Å². The third-order valence-corrected chi connectivity index (χ3v) is 4.22. The van der Waals surface area contributed by atoms with Gasteiger partial charge in [0.15, 0.2) is 5.96 Å². The van der Waals surface area contributed by atoms with Crippen molar-refractivity contribution in [2.75, 3.05) is 47.1 Å². The lowest BCUT2D eigenvalue weighted by molar-refractivity contribution is 0.0698. The van der Waals surface area contributed by atoms with Crippen LogP contribution in [0.1, 0.15) is 51.4 Å². The first-order valence-corrected chi connectivity index (χ1v) is 8.88. The van der Waals surface area contributed by atoms with Crippen LogP contribution in [0, 0.1) is 5.92 Å². The number of halogens is 1. The molecule has 0 saturated heterocycles. The van der Waals surface area contributed by atoms with E-state index in [2.05, 4.69) is 15.6 Å². The van der Waals surface area contributed by atoms with E-state index in [1.807, 2.05) is 7.05 Å². The molecular formula is C17H36IN3O2. The van der Waals surface area contributed by atoms with Gasteiger partial charge >= 0.3 is 0 Å². The van der Waals surface area contributed by atoms with Crippen LogP contribution in [0.5, 0.6) is 0 Å². The van der Waals surface area contributed by atoms with Gasteiger partial charge in [0.25, 0.3) is 0 Å². The maximum Gasteiger partial charge on any atom is 0.190 e. The molecule has 1 aliphatic carbocycles. The fraction of sp³-hybridized carbons (Fsp3) is 0.941. The van der Waals surface area contributed by atoms with Gasteiger partial charge in [0, 0.05) is 33.9 Å². The molecule has 1 aliphatic rings. The zero-order valence-corrected chi connectivity index (χ0v) is 17.3. The normalized spacial score (nSPS) is 15.5. The highest BCUT2D eigenvalue weighted by Crippen LogP contribution is 2.28. The fourth-order valence-electron chi connectivity index (χ4n) is 2.91.